The van der Waals surface area contributed by atoms with Crippen molar-refractivity contribution in [2.24, 2.45) is 0 Å². The third-order valence-corrected chi connectivity index (χ3v) is 7.22. The number of sulfone groups is 1. The van der Waals surface area contributed by atoms with Gasteiger partial charge in [0.2, 0.25) is 0 Å². The second kappa shape index (κ2) is 6.75. The van der Waals surface area contributed by atoms with Crippen LogP contribution >= 0.6 is 0 Å². The van der Waals surface area contributed by atoms with Gasteiger partial charge in [0.25, 0.3) is 0 Å². The lowest BCUT2D eigenvalue weighted by atomic mass is 10.0. The van der Waals surface area contributed by atoms with Crippen LogP contribution in [0.2, 0.25) is 0 Å². The van der Waals surface area contributed by atoms with E-state index in [1.165, 1.54) is 12.1 Å². The Labute approximate surface area is 152 Å². The average Bonchev–Trinajstić information content (AvgIpc) is 3.18. The van der Waals surface area contributed by atoms with Gasteiger partial charge in [-0.25, -0.2) is 12.8 Å². The van der Waals surface area contributed by atoms with Gasteiger partial charge in [-0.05, 0) is 18.7 Å². The zero-order valence-corrected chi connectivity index (χ0v) is 15.5. The summed E-state index contributed by atoms with van der Waals surface area (Å²) in [4.78, 5) is 4.52. The predicted octanol–water partition coefficient (Wildman–Crippen LogP) is 1.52. The van der Waals surface area contributed by atoms with Crippen molar-refractivity contribution in [2.45, 2.75) is 25.6 Å². The number of rotatable bonds is 4. The second-order valence-electron chi connectivity index (χ2n) is 7.09. The van der Waals surface area contributed by atoms with Crippen molar-refractivity contribution in [1.29, 1.82) is 0 Å². The average molecular weight is 378 g/mol. The predicted molar refractivity (Wildman–Crippen MR) is 97.9 cm³/mol. The van der Waals surface area contributed by atoms with Crippen molar-refractivity contribution < 1.29 is 12.8 Å². The molecule has 1 aromatic heterocycles. The molecule has 2 fully saturated rings. The molecule has 0 amide bonds. The molecule has 0 spiro atoms. The van der Waals surface area contributed by atoms with Gasteiger partial charge in [0, 0.05) is 42.8 Å². The fourth-order valence-corrected chi connectivity index (χ4v) is 6.27. The van der Waals surface area contributed by atoms with Gasteiger partial charge in [-0.3, -0.25) is 14.9 Å². The Balaban J connectivity index is 1.59. The van der Waals surface area contributed by atoms with E-state index in [1.807, 2.05) is 6.07 Å². The molecule has 140 valence electrons. The maximum Gasteiger partial charge on any atom is 0.153 e. The Bertz CT molecular complexity index is 898. The highest BCUT2D eigenvalue weighted by molar-refractivity contribution is 7.91. The summed E-state index contributed by atoms with van der Waals surface area (Å²) in [6, 6.07) is 6.48. The molecule has 3 heterocycles. The lowest BCUT2D eigenvalue weighted by molar-refractivity contribution is 0.0440. The summed E-state index contributed by atoms with van der Waals surface area (Å²) in [6.07, 6.45) is 1.75. The molecule has 1 N–H and O–H groups in total. The van der Waals surface area contributed by atoms with Gasteiger partial charge in [-0.2, -0.15) is 5.10 Å². The highest BCUT2D eigenvalue weighted by atomic mass is 32.2. The molecule has 2 atom stereocenters. The first kappa shape index (κ1) is 17.6. The Morgan fingerprint density at radius 2 is 1.96 bits per heavy atom. The number of nitrogens with zero attached hydrogens (tertiary/aromatic N) is 3. The van der Waals surface area contributed by atoms with Gasteiger partial charge in [0.1, 0.15) is 5.82 Å². The summed E-state index contributed by atoms with van der Waals surface area (Å²) >= 11 is 0. The number of likely N-dealkylation sites (N-methyl/N-ethyl adjacent to an activating group) is 1. The first-order valence-corrected chi connectivity index (χ1v) is 10.8. The number of hydrogen-bond acceptors (Lipinski definition) is 5. The largest absolute Gasteiger partial charge is 0.297 e. The van der Waals surface area contributed by atoms with E-state index >= 15 is 0 Å². The van der Waals surface area contributed by atoms with Crippen molar-refractivity contribution in [3.63, 3.8) is 0 Å². The van der Waals surface area contributed by atoms with Crippen LogP contribution in [-0.4, -0.2) is 71.6 Å². The van der Waals surface area contributed by atoms with Gasteiger partial charge in [-0.15, -0.1) is 0 Å². The monoisotopic (exact) mass is 378 g/mol. The zero-order chi connectivity index (χ0) is 18.3. The van der Waals surface area contributed by atoms with Gasteiger partial charge in [0.05, 0.1) is 23.4 Å². The minimum atomic E-state index is -3.01. The number of H-pyrrole nitrogens is 1. The standard InChI is InChI=1S/C18H23FN4O2S/c1-2-22-6-7-23(17-12-26(24,25)11-16(17)22)10-14-9-20-21-18(14)13-4-3-5-15(19)8-13/h3-5,8-9,16-17H,2,6-7,10-12H2,1H3,(H,20,21)/t16-,17+/m1/s1. The van der Waals surface area contributed by atoms with Crippen LogP contribution in [-0.2, 0) is 16.4 Å². The molecule has 26 heavy (non-hydrogen) atoms. The molecule has 2 aromatic rings. The van der Waals surface area contributed by atoms with E-state index in [1.54, 1.807) is 12.3 Å². The minimum Gasteiger partial charge on any atom is -0.297 e. The van der Waals surface area contributed by atoms with Crippen LogP contribution in [0, 0.1) is 5.82 Å². The Morgan fingerprint density at radius 1 is 1.23 bits per heavy atom. The molecule has 4 rings (SSSR count). The number of fused-ring (bicyclic) bond motifs is 1. The topological polar surface area (TPSA) is 69.3 Å². The summed E-state index contributed by atoms with van der Waals surface area (Å²) in [6.45, 7) is 5.23. The SMILES string of the molecule is CCN1CCN(Cc2cn[nH]c2-c2cccc(F)c2)[C@H]2CS(=O)(=O)C[C@H]21. The van der Waals surface area contributed by atoms with Gasteiger partial charge < -0.3 is 0 Å². The van der Waals surface area contributed by atoms with Crippen LogP contribution in [0.25, 0.3) is 11.3 Å². The van der Waals surface area contributed by atoms with E-state index in [9.17, 15) is 12.8 Å². The highest BCUT2D eigenvalue weighted by Crippen LogP contribution is 2.30. The Kier molecular flexibility index (Phi) is 4.58. The third kappa shape index (κ3) is 3.28. The van der Waals surface area contributed by atoms with E-state index in [2.05, 4.69) is 26.9 Å². The molecule has 0 bridgehead atoms. The summed E-state index contributed by atoms with van der Waals surface area (Å²) in [5.74, 6) is 0.160. The maximum absolute atomic E-state index is 13.6. The quantitative estimate of drug-likeness (QED) is 0.874. The molecule has 0 radical (unpaired) electrons. The Morgan fingerprint density at radius 3 is 2.69 bits per heavy atom. The van der Waals surface area contributed by atoms with Gasteiger partial charge >= 0.3 is 0 Å². The number of halogens is 1. The first-order chi connectivity index (χ1) is 12.5. The van der Waals surface area contributed by atoms with Crippen molar-refractivity contribution in [2.75, 3.05) is 31.1 Å². The minimum absolute atomic E-state index is 0.00367. The second-order valence-corrected chi connectivity index (χ2v) is 9.25. The molecule has 0 aliphatic carbocycles. The molecular formula is C18H23FN4O2S. The number of piperazine rings is 1. The number of benzene rings is 1. The molecule has 0 unspecified atom stereocenters. The van der Waals surface area contributed by atoms with Crippen LogP contribution in [0.5, 0.6) is 0 Å². The van der Waals surface area contributed by atoms with Crippen molar-refractivity contribution >= 4 is 9.84 Å². The summed E-state index contributed by atoms with van der Waals surface area (Å²) in [5.41, 5.74) is 2.50. The molecule has 6 nitrogen and oxygen atoms in total. The highest BCUT2D eigenvalue weighted by Gasteiger charge is 2.46. The van der Waals surface area contributed by atoms with E-state index < -0.39 is 9.84 Å². The number of hydrogen-bond donors (Lipinski definition) is 1. The fraction of sp³-hybridized carbons (Fsp3) is 0.500. The van der Waals surface area contributed by atoms with E-state index in [4.69, 9.17) is 0 Å². The van der Waals surface area contributed by atoms with Crippen LogP contribution in [0.1, 0.15) is 12.5 Å². The molecule has 2 saturated heterocycles. The van der Waals surface area contributed by atoms with Crippen molar-refractivity contribution in [3.05, 3.63) is 41.8 Å². The van der Waals surface area contributed by atoms with Crippen LogP contribution in [0.4, 0.5) is 4.39 Å². The molecule has 1 aromatic carbocycles. The summed E-state index contributed by atoms with van der Waals surface area (Å²) in [7, 11) is -3.01. The van der Waals surface area contributed by atoms with E-state index in [0.29, 0.717) is 6.54 Å². The molecule has 0 saturated carbocycles. The van der Waals surface area contributed by atoms with Crippen LogP contribution in [0.3, 0.4) is 0 Å². The van der Waals surface area contributed by atoms with E-state index in [-0.39, 0.29) is 29.4 Å². The number of aromatic nitrogens is 2. The number of aromatic amines is 1. The Hall–Kier alpha value is -1.77. The zero-order valence-electron chi connectivity index (χ0n) is 14.7. The first-order valence-electron chi connectivity index (χ1n) is 8.93. The van der Waals surface area contributed by atoms with Gasteiger partial charge in [-0.1, -0.05) is 19.1 Å². The third-order valence-electron chi connectivity index (χ3n) is 5.52. The molecular weight excluding hydrogens is 355 g/mol. The molecule has 2 aliphatic heterocycles. The smallest absolute Gasteiger partial charge is 0.153 e. The maximum atomic E-state index is 13.6. The normalized spacial score (nSPS) is 26.1. The van der Waals surface area contributed by atoms with Crippen LogP contribution < -0.4 is 0 Å². The number of nitrogens with one attached hydrogen (secondary N) is 1. The fourth-order valence-electron chi connectivity index (χ4n) is 4.23. The molecule has 2 aliphatic rings. The van der Waals surface area contributed by atoms with Crippen LogP contribution in [0.15, 0.2) is 30.5 Å². The lowest BCUT2D eigenvalue weighted by Gasteiger charge is -2.43. The van der Waals surface area contributed by atoms with Crippen molar-refractivity contribution in [1.82, 2.24) is 20.0 Å². The van der Waals surface area contributed by atoms with Crippen molar-refractivity contribution in [3.8, 4) is 11.3 Å². The molecule has 8 heteroatoms. The summed E-state index contributed by atoms with van der Waals surface area (Å²) in [5, 5.41) is 7.10. The summed E-state index contributed by atoms with van der Waals surface area (Å²) < 4.78 is 38.0. The lowest BCUT2D eigenvalue weighted by Crippen LogP contribution is -2.58. The van der Waals surface area contributed by atoms with Gasteiger partial charge in [0.15, 0.2) is 9.84 Å². The van der Waals surface area contributed by atoms with E-state index in [0.717, 1.165) is 36.5 Å².